The van der Waals surface area contributed by atoms with E-state index in [2.05, 4.69) is 0 Å². The Hall–Kier alpha value is -1.01. The third-order valence-electron chi connectivity index (χ3n) is 3.55. The average molecular weight is 333 g/mol. The minimum atomic E-state index is -0.485. The Morgan fingerprint density at radius 1 is 1.52 bits per heavy atom. The van der Waals surface area contributed by atoms with Crippen LogP contribution in [-0.4, -0.2) is 43.2 Å². The zero-order chi connectivity index (χ0) is 15.6. The quantitative estimate of drug-likeness (QED) is 0.916. The van der Waals surface area contributed by atoms with E-state index >= 15 is 0 Å². The number of hydrogen-bond donors (Lipinski definition) is 1. The van der Waals surface area contributed by atoms with Gasteiger partial charge in [-0.15, -0.1) is 0 Å². The number of carbonyl (C=O) groups excluding carboxylic acids is 1. The molecule has 5 nitrogen and oxygen atoms in total. The topological polar surface area (TPSA) is 64.8 Å². The lowest BCUT2D eigenvalue weighted by atomic mass is 10.1. The maximum Gasteiger partial charge on any atom is 0.237 e. The van der Waals surface area contributed by atoms with Crippen LogP contribution in [0, 0.1) is 0 Å². The fraction of sp³-hybridized carbons (Fsp3) is 0.500. The maximum absolute atomic E-state index is 11.7. The fourth-order valence-electron chi connectivity index (χ4n) is 2.65. The van der Waals surface area contributed by atoms with Crippen molar-refractivity contribution >= 4 is 29.1 Å². The molecule has 1 aromatic rings. The maximum atomic E-state index is 11.7. The molecule has 1 fully saturated rings. The summed E-state index contributed by atoms with van der Waals surface area (Å²) >= 11 is 12.2. The summed E-state index contributed by atoms with van der Waals surface area (Å²) in [6, 6.07) is 2.92. The predicted octanol–water partition coefficient (Wildman–Crippen LogP) is 2.08. The number of nitrogens with zero attached hydrogens (tertiary/aromatic N) is 1. The van der Waals surface area contributed by atoms with Crippen molar-refractivity contribution in [3.8, 4) is 5.75 Å². The van der Waals surface area contributed by atoms with Gasteiger partial charge in [-0.2, -0.15) is 0 Å². The summed E-state index contributed by atoms with van der Waals surface area (Å²) in [5.74, 6) is 0.151. The third kappa shape index (κ3) is 3.61. The molecule has 116 valence electrons. The van der Waals surface area contributed by atoms with Crippen molar-refractivity contribution in [2.75, 3.05) is 20.3 Å². The summed E-state index contributed by atoms with van der Waals surface area (Å²) in [5.41, 5.74) is 6.30. The molecule has 1 aliphatic rings. The highest BCUT2D eigenvalue weighted by molar-refractivity contribution is 6.35. The summed E-state index contributed by atoms with van der Waals surface area (Å²) in [5, 5.41) is 0.963. The number of rotatable bonds is 4. The monoisotopic (exact) mass is 332 g/mol. The van der Waals surface area contributed by atoms with Crippen LogP contribution in [-0.2, 0) is 16.1 Å². The molecule has 0 unspecified atom stereocenters. The van der Waals surface area contributed by atoms with Gasteiger partial charge in [0, 0.05) is 23.7 Å². The largest absolute Gasteiger partial charge is 0.495 e. The van der Waals surface area contributed by atoms with E-state index in [9.17, 15) is 4.79 Å². The summed E-state index contributed by atoms with van der Waals surface area (Å²) < 4.78 is 10.8. The van der Waals surface area contributed by atoms with Crippen molar-refractivity contribution in [3.05, 3.63) is 27.7 Å². The molecule has 0 saturated carbocycles. The van der Waals surface area contributed by atoms with Gasteiger partial charge in [-0.25, -0.2) is 0 Å². The number of halogens is 2. The first-order chi connectivity index (χ1) is 9.93. The van der Waals surface area contributed by atoms with E-state index in [1.807, 2.05) is 11.8 Å². The summed E-state index contributed by atoms with van der Waals surface area (Å²) in [6.45, 7) is 3.45. The van der Waals surface area contributed by atoms with Gasteiger partial charge in [0.2, 0.25) is 5.91 Å². The van der Waals surface area contributed by atoms with Crippen LogP contribution < -0.4 is 10.5 Å². The molecular weight excluding hydrogens is 315 g/mol. The third-order valence-corrected chi connectivity index (χ3v) is 4.05. The number of benzene rings is 1. The molecule has 1 amide bonds. The summed E-state index contributed by atoms with van der Waals surface area (Å²) in [7, 11) is 1.55. The second kappa shape index (κ2) is 6.83. The molecule has 0 bridgehead atoms. The molecule has 2 rings (SSSR count). The molecular formula is C14H18Cl2N2O3. The fourth-order valence-corrected chi connectivity index (χ4v) is 3.26. The molecule has 7 heteroatoms. The molecule has 2 atom stereocenters. The molecule has 2 N–H and O–H groups in total. The molecule has 1 saturated heterocycles. The lowest BCUT2D eigenvalue weighted by molar-refractivity contribution is -0.136. The van der Waals surface area contributed by atoms with Crippen LogP contribution in [0.2, 0.25) is 10.0 Å². The van der Waals surface area contributed by atoms with Gasteiger partial charge in [0.05, 0.1) is 24.8 Å². The van der Waals surface area contributed by atoms with E-state index in [4.69, 9.17) is 38.4 Å². The van der Waals surface area contributed by atoms with Crippen LogP contribution in [0.25, 0.3) is 0 Å². The Balaban J connectivity index is 2.29. The van der Waals surface area contributed by atoms with Crippen LogP contribution >= 0.6 is 23.2 Å². The number of ether oxygens (including phenoxy) is 2. The summed E-state index contributed by atoms with van der Waals surface area (Å²) in [4.78, 5) is 13.6. The molecule has 0 spiro atoms. The molecule has 1 aliphatic heterocycles. The Labute approximate surface area is 133 Å². The van der Waals surface area contributed by atoms with E-state index in [0.717, 1.165) is 5.56 Å². The van der Waals surface area contributed by atoms with E-state index in [-0.39, 0.29) is 6.10 Å². The standard InChI is InChI=1S/C14H18Cl2N2O3/c1-8-12(14(17)19)18(3-4-21-8)7-9-5-10(15)6-11(16)13(9)20-2/h5-6,8,12H,3-4,7H2,1-2H3,(H2,17,19)/t8-,12+/m1/s1. The van der Waals surface area contributed by atoms with Gasteiger partial charge in [0.15, 0.2) is 0 Å². The van der Waals surface area contributed by atoms with Gasteiger partial charge >= 0.3 is 0 Å². The number of primary amides is 1. The highest BCUT2D eigenvalue weighted by atomic mass is 35.5. The Morgan fingerprint density at radius 2 is 2.24 bits per heavy atom. The first-order valence-electron chi connectivity index (χ1n) is 6.61. The highest BCUT2D eigenvalue weighted by Crippen LogP contribution is 2.33. The van der Waals surface area contributed by atoms with Gasteiger partial charge in [-0.3, -0.25) is 9.69 Å². The highest BCUT2D eigenvalue weighted by Gasteiger charge is 2.34. The Morgan fingerprint density at radius 3 is 2.86 bits per heavy atom. The number of hydrogen-bond acceptors (Lipinski definition) is 4. The lowest BCUT2D eigenvalue weighted by Gasteiger charge is -2.38. The van der Waals surface area contributed by atoms with Gasteiger partial charge in [-0.05, 0) is 19.1 Å². The average Bonchev–Trinajstić information content (AvgIpc) is 2.37. The van der Waals surface area contributed by atoms with Crippen molar-refractivity contribution in [2.24, 2.45) is 5.73 Å². The van der Waals surface area contributed by atoms with Crippen LogP contribution in [0.15, 0.2) is 12.1 Å². The van der Waals surface area contributed by atoms with Crippen molar-refractivity contribution < 1.29 is 14.3 Å². The Kier molecular flexibility index (Phi) is 5.32. The van der Waals surface area contributed by atoms with Crippen molar-refractivity contribution in [1.82, 2.24) is 4.90 Å². The van der Waals surface area contributed by atoms with Crippen molar-refractivity contribution in [2.45, 2.75) is 25.6 Å². The van der Waals surface area contributed by atoms with Crippen LogP contribution in [0.3, 0.4) is 0 Å². The smallest absolute Gasteiger partial charge is 0.237 e. The minimum absolute atomic E-state index is 0.253. The van der Waals surface area contributed by atoms with Gasteiger partial charge in [-0.1, -0.05) is 23.2 Å². The first-order valence-corrected chi connectivity index (χ1v) is 7.36. The van der Waals surface area contributed by atoms with Crippen molar-refractivity contribution in [1.29, 1.82) is 0 Å². The minimum Gasteiger partial charge on any atom is -0.495 e. The first kappa shape index (κ1) is 16.4. The second-order valence-electron chi connectivity index (χ2n) is 4.97. The zero-order valence-electron chi connectivity index (χ0n) is 11.9. The zero-order valence-corrected chi connectivity index (χ0v) is 13.4. The number of carbonyl (C=O) groups is 1. The predicted molar refractivity (Wildman–Crippen MR) is 81.8 cm³/mol. The van der Waals surface area contributed by atoms with E-state index in [1.165, 1.54) is 0 Å². The number of morpholine rings is 1. The normalized spacial score (nSPS) is 23.0. The molecule has 0 radical (unpaired) electrons. The number of nitrogens with two attached hydrogens (primary N) is 1. The van der Waals surface area contributed by atoms with Gasteiger partial charge in [0.1, 0.15) is 11.8 Å². The van der Waals surface area contributed by atoms with Crippen LogP contribution in [0.5, 0.6) is 5.75 Å². The SMILES string of the molecule is COc1c(Cl)cc(Cl)cc1CN1CCO[C@H](C)[C@H]1C(N)=O. The van der Waals surface area contributed by atoms with E-state index in [1.54, 1.807) is 19.2 Å². The van der Waals surface area contributed by atoms with Gasteiger partial charge in [0.25, 0.3) is 0 Å². The molecule has 1 aromatic carbocycles. The Bertz CT molecular complexity index is 539. The van der Waals surface area contributed by atoms with Gasteiger partial charge < -0.3 is 15.2 Å². The second-order valence-corrected chi connectivity index (χ2v) is 5.82. The molecule has 1 heterocycles. The van der Waals surface area contributed by atoms with E-state index in [0.29, 0.717) is 35.5 Å². The van der Waals surface area contributed by atoms with Crippen LogP contribution in [0.4, 0.5) is 0 Å². The summed E-state index contributed by atoms with van der Waals surface area (Å²) in [6.07, 6.45) is -0.253. The number of amides is 1. The van der Waals surface area contributed by atoms with Crippen LogP contribution in [0.1, 0.15) is 12.5 Å². The molecule has 0 aliphatic carbocycles. The number of methoxy groups -OCH3 is 1. The molecule has 21 heavy (non-hydrogen) atoms. The van der Waals surface area contributed by atoms with E-state index < -0.39 is 11.9 Å². The lowest BCUT2D eigenvalue weighted by Crippen LogP contribution is -2.56. The van der Waals surface area contributed by atoms with Crippen molar-refractivity contribution in [3.63, 3.8) is 0 Å². The molecule has 0 aromatic heterocycles.